The number of carbonyl (C=O) groups excluding carboxylic acids is 1. The molecule has 88 valence electrons. The zero-order chi connectivity index (χ0) is 12.4. The van der Waals surface area contributed by atoms with Crippen LogP contribution in [0.5, 0.6) is 0 Å². The van der Waals surface area contributed by atoms with Gasteiger partial charge in [-0.3, -0.25) is 4.79 Å². The van der Waals surface area contributed by atoms with Crippen LogP contribution >= 0.6 is 0 Å². The maximum absolute atomic E-state index is 12.1. The Bertz CT molecular complexity index is 702. The summed E-state index contributed by atoms with van der Waals surface area (Å²) < 4.78 is 0. The molecule has 0 unspecified atom stereocenters. The number of benzene rings is 2. The second kappa shape index (κ2) is 4.49. The molecule has 0 bridgehead atoms. The molecule has 0 saturated carbocycles. The Morgan fingerprint density at radius 1 is 0.944 bits per heavy atom. The van der Waals surface area contributed by atoms with Crippen molar-refractivity contribution in [3.63, 3.8) is 0 Å². The quantitative estimate of drug-likeness (QED) is 0.850. The molecule has 2 aromatic rings. The highest BCUT2D eigenvalue weighted by Gasteiger charge is 2.09. The van der Waals surface area contributed by atoms with Crippen molar-refractivity contribution in [3.05, 3.63) is 70.1 Å². The number of fused-ring (bicyclic) bond motifs is 1. The number of amides is 1. The maximum Gasteiger partial charge on any atom is 0.252 e. The predicted octanol–water partition coefficient (Wildman–Crippen LogP) is 1.19. The minimum absolute atomic E-state index is 0.0138. The van der Waals surface area contributed by atoms with Crippen molar-refractivity contribution in [2.75, 3.05) is 0 Å². The lowest BCUT2D eigenvalue weighted by atomic mass is 10.0. The minimum atomic E-state index is -0.0138. The summed E-state index contributed by atoms with van der Waals surface area (Å²) in [5.41, 5.74) is 1.86. The van der Waals surface area contributed by atoms with Gasteiger partial charge in [0, 0.05) is 12.1 Å². The van der Waals surface area contributed by atoms with Gasteiger partial charge < -0.3 is 5.32 Å². The standard InChI is InChI=1S/C16H13NO/c18-16(17-11-12-5-2-1-3-6-12)15-8-4-7-13-9-10-14(13)15/h1-10H,11H2,(H,17,18). The molecule has 1 N–H and O–H groups in total. The normalized spacial score (nSPS) is 11.6. The van der Waals surface area contributed by atoms with Crippen LogP contribution in [-0.4, -0.2) is 5.91 Å². The third-order valence-corrected chi connectivity index (χ3v) is 3.11. The summed E-state index contributed by atoms with van der Waals surface area (Å²) in [6.45, 7) is 0.563. The van der Waals surface area contributed by atoms with Gasteiger partial charge >= 0.3 is 0 Å². The van der Waals surface area contributed by atoms with E-state index in [9.17, 15) is 4.79 Å². The van der Waals surface area contributed by atoms with E-state index in [0.717, 1.165) is 21.6 Å². The van der Waals surface area contributed by atoms with Crippen molar-refractivity contribution in [1.29, 1.82) is 0 Å². The molecule has 3 rings (SSSR count). The topological polar surface area (TPSA) is 29.1 Å². The van der Waals surface area contributed by atoms with Crippen LogP contribution in [-0.2, 0) is 6.54 Å². The third kappa shape index (κ3) is 1.93. The van der Waals surface area contributed by atoms with Crippen LogP contribution in [0.15, 0.2) is 48.5 Å². The van der Waals surface area contributed by atoms with Gasteiger partial charge in [0.15, 0.2) is 0 Å². The van der Waals surface area contributed by atoms with Crippen molar-refractivity contribution in [1.82, 2.24) is 5.32 Å². The van der Waals surface area contributed by atoms with Crippen molar-refractivity contribution in [2.45, 2.75) is 6.54 Å². The highest BCUT2D eigenvalue weighted by Crippen LogP contribution is 1.99. The Balaban J connectivity index is 1.75. The molecule has 2 aromatic carbocycles. The lowest BCUT2D eigenvalue weighted by Gasteiger charge is -2.08. The lowest BCUT2D eigenvalue weighted by molar-refractivity contribution is 0.0950. The molecule has 1 aliphatic carbocycles. The zero-order valence-corrected chi connectivity index (χ0v) is 9.89. The average molecular weight is 235 g/mol. The van der Waals surface area contributed by atoms with Crippen LogP contribution < -0.4 is 15.8 Å². The van der Waals surface area contributed by atoms with Crippen molar-refractivity contribution in [2.24, 2.45) is 0 Å². The van der Waals surface area contributed by atoms with E-state index in [1.54, 1.807) is 0 Å². The van der Waals surface area contributed by atoms with Crippen LogP contribution in [0.25, 0.3) is 12.2 Å². The zero-order valence-electron chi connectivity index (χ0n) is 9.89. The Morgan fingerprint density at radius 2 is 1.78 bits per heavy atom. The smallest absolute Gasteiger partial charge is 0.252 e. The van der Waals surface area contributed by atoms with Gasteiger partial charge in [0.2, 0.25) is 0 Å². The molecule has 1 amide bonds. The van der Waals surface area contributed by atoms with Crippen LogP contribution in [0.3, 0.4) is 0 Å². The molecule has 18 heavy (non-hydrogen) atoms. The third-order valence-electron chi connectivity index (χ3n) is 3.11. The molecule has 0 saturated heterocycles. The molecular weight excluding hydrogens is 222 g/mol. The summed E-state index contributed by atoms with van der Waals surface area (Å²) in [7, 11) is 0. The summed E-state index contributed by atoms with van der Waals surface area (Å²) >= 11 is 0. The SMILES string of the molecule is O=C(NCc1ccccc1)c1cccc2c1=CC=2. The van der Waals surface area contributed by atoms with Crippen LogP contribution in [0.1, 0.15) is 15.9 Å². The van der Waals surface area contributed by atoms with Crippen LogP contribution in [0.2, 0.25) is 0 Å². The van der Waals surface area contributed by atoms with Gasteiger partial charge in [-0.1, -0.05) is 54.6 Å². The fraction of sp³-hybridized carbons (Fsp3) is 0.0625. The van der Waals surface area contributed by atoms with Gasteiger partial charge in [0.1, 0.15) is 0 Å². The molecule has 0 radical (unpaired) electrons. The second-order valence-electron chi connectivity index (χ2n) is 4.31. The Labute approximate surface area is 105 Å². The van der Waals surface area contributed by atoms with E-state index in [4.69, 9.17) is 0 Å². The first-order valence-corrected chi connectivity index (χ1v) is 5.98. The van der Waals surface area contributed by atoms with E-state index in [2.05, 4.69) is 5.32 Å². The maximum atomic E-state index is 12.1. The highest BCUT2D eigenvalue weighted by atomic mass is 16.1. The summed E-state index contributed by atoms with van der Waals surface area (Å²) in [5, 5.41) is 5.13. The van der Waals surface area contributed by atoms with Gasteiger partial charge in [-0.15, -0.1) is 0 Å². The first kappa shape index (κ1) is 10.8. The first-order valence-electron chi connectivity index (χ1n) is 5.98. The van der Waals surface area contributed by atoms with E-state index in [1.807, 2.05) is 60.7 Å². The van der Waals surface area contributed by atoms with E-state index in [-0.39, 0.29) is 5.91 Å². The minimum Gasteiger partial charge on any atom is -0.348 e. The van der Waals surface area contributed by atoms with Crippen molar-refractivity contribution < 1.29 is 4.79 Å². The first-order chi connectivity index (χ1) is 8.84. The molecule has 2 nitrogen and oxygen atoms in total. The number of hydrogen-bond donors (Lipinski definition) is 1. The van der Waals surface area contributed by atoms with Crippen LogP contribution in [0, 0.1) is 0 Å². The number of hydrogen-bond acceptors (Lipinski definition) is 1. The Kier molecular flexibility index (Phi) is 2.69. The van der Waals surface area contributed by atoms with Gasteiger partial charge in [-0.05, 0) is 22.1 Å². The van der Waals surface area contributed by atoms with E-state index >= 15 is 0 Å². The molecule has 0 aromatic heterocycles. The van der Waals surface area contributed by atoms with Crippen molar-refractivity contribution >= 4 is 18.1 Å². The van der Waals surface area contributed by atoms with E-state index < -0.39 is 0 Å². The summed E-state index contributed by atoms with van der Waals surface area (Å²) in [6, 6.07) is 15.7. The monoisotopic (exact) mass is 235 g/mol. The van der Waals surface area contributed by atoms with Crippen LogP contribution in [0.4, 0.5) is 0 Å². The second-order valence-corrected chi connectivity index (χ2v) is 4.31. The highest BCUT2D eigenvalue weighted by molar-refractivity contribution is 5.96. The molecule has 2 heteroatoms. The molecule has 0 heterocycles. The molecule has 0 fully saturated rings. The molecule has 1 aliphatic rings. The summed E-state index contributed by atoms with van der Waals surface area (Å²) in [5.74, 6) is -0.0138. The fourth-order valence-corrected chi connectivity index (χ4v) is 2.06. The van der Waals surface area contributed by atoms with Gasteiger partial charge in [0.25, 0.3) is 5.91 Å². The largest absolute Gasteiger partial charge is 0.348 e. The summed E-state index contributed by atoms with van der Waals surface area (Å²) in [4.78, 5) is 12.1. The number of nitrogens with one attached hydrogen (secondary N) is 1. The van der Waals surface area contributed by atoms with E-state index in [0.29, 0.717) is 6.54 Å². The van der Waals surface area contributed by atoms with Gasteiger partial charge in [0.05, 0.1) is 0 Å². The predicted molar refractivity (Wildman–Crippen MR) is 72.2 cm³/mol. The molecule has 0 spiro atoms. The van der Waals surface area contributed by atoms with E-state index in [1.165, 1.54) is 0 Å². The average Bonchev–Trinajstić information content (AvgIpc) is 2.38. The molecule has 0 aliphatic heterocycles. The Hall–Kier alpha value is -2.35. The lowest BCUT2D eigenvalue weighted by Crippen LogP contribution is -2.38. The molecular formula is C16H13NO. The Morgan fingerprint density at radius 3 is 2.50 bits per heavy atom. The van der Waals surface area contributed by atoms with Gasteiger partial charge in [-0.2, -0.15) is 0 Å². The number of rotatable bonds is 3. The van der Waals surface area contributed by atoms with Crippen molar-refractivity contribution in [3.8, 4) is 0 Å². The number of carbonyl (C=O) groups is 1. The fourth-order valence-electron chi connectivity index (χ4n) is 2.06. The van der Waals surface area contributed by atoms with Gasteiger partial charge in [-0.25, -0.2) is 0 Å². The summed E-state index contributed by atoms with van der Waals surface area (Å²) in [6.07, 6.45) is 4.00. The molecule has 0 atom stereocenters.